The van der Waals surface area contributed by atoms with E-state index in [0.29, 0.717) is 0 Å². The maximum atomic E-state index is 2.38. The molecule has 0 radical (unpaired) electrons. The maximum absolute atomic E-state index is 2.38. The van der Waals surface area contributed by atoms with Gasteiger partial charge in [-0.1, -0.05) is 121 Å². The summed E-state index contributed by atoms with van der Waals surface area (Å²) in [7, 11) is 0. The average molecular weight is 660 g/mol. The molecule has 0 aliphatic carbocycles. The molecule has 3 heteroatoms. The standard InChI is InChI=1S/C46H29NS2/c1-2-8-30(9-3-1)31-14-20-35(21-15-31)47(37-24-26-40-39-12-6-7-13-42(39)48-45(40)29-37)36-22-16-32(17-23-36)34-18-25-41-44(28-34)49-43-27-19-33-10-4-5-11-38(33)46(41)43/h1-29H. The molecule has 230 valence electrons. The molecule has 1 nitrogen and oxygen atoms in total. The van der Waals surface area contributed by atoms with Crippen LogP contribution in [0.4, 0.5) is 17.1 Å². The summed E-state index contributed by atoms with van der Waals surface area (Å²) in [4.78, 5) is 2.38. The van der Waals surface area contributed by atoms with Crippen LogP contribution in [0, 0.1) is 0 Å². The summed E-state index contributed by atoms with van der Waals surface area (Å²) >= 11 is 3.74. The van der Waals surface area contributed by atoms with Gasteiger partial charge in [-0.3, -0.25) is 0 Å². The number of anilines is 3. The van der Waals surface area contributed by atoms with Gasteiger partial charge in [-0.15, -0.1) is 22.7 Å². The summed E-state index contributed by atoms with van der Waals surface area (Å²) in [5.74, 6) is 0. The summed E-state index contributed by atoms with van der Waals surface area (Å²) in [5, 5.41) is 7.95. The predicted molar refractivity (Wildman–Crippen MR) is 215 cm³/mol. The number of thiophene rings is 2. The first-order valence-corrected chi connectivity index (χ1v) is 18.2. The predicted octanol–water partition coefficient (Wildman–Crippen LogP) is 14.4. The fourth-order valence-electron chi connectivity index (χ4n) is 7.26. The van der Waals surface area contributed by atoms with Gasteiger partial charge in [0.15, 0.2) is 0 Å². The van der Waals surface area contributed by atoms with Gasteiger partial charge >= 0.3 is 0 Å². The Balaban J connectivity index is 1.06. The quantitative estimate of drug-likeness (QED) is 0.178. The Morgan fingerprint density at radius 1 is 0.306 bits per heavy atom. The highest BCUT2D eigenvalue weighted by Gasteiger charge is 2.16. The van der Waals surface area contributed by atoms with Gasteiger partial charge in [-0.05, 0) is 87.6 Å². The van der Waals surface area contributed by atoms with E-state index >= 15 is 0 Å². The zero-order valence-corrected chi connectivity index (χ0v) is 28.1. The minimum Gasteiger partial charge on any atom is -0.310 e. The highest BCUT2D eigenvalue weighted by Crippen LogP contribution is 2.43. The highest BCUT2D eigenvalue weighted by molar-refractivity contribution is 7.26. The molecule has 0 atom stereocenters. The van der Waals surface area contributed by atoms with Crippen molar-refractivity contribution in [3.63, 3.8) is 0 Å². The van der Waals surface area contributed by atoms with Crippen LogP contribution < -0.4 is 4.90 Å². The normalized spacial score (nSPS) is 11.7. The third-order valence-electron chi connectivity index (χ3n) is 9.67. The first kappa shape index (κ1) is 28.3. The summed E-state index contributed by atoms with van der Waals surface area (Å²) in [6, 6.07) is 64.4. The number of rotatable bonds is 5. The van der Waals surface area contributed by atoms with E-state index in [1.165, 1.54) is 73.4 Å². The molecule has 0 fully saturated rings. The van der Waals surface area contributed by atoms with Crippen molar-refractivity contribution in [2.75, 3.05) is 4.90 Å². The van der Waals surface area contributed by atoms with Crippen molar-refractivity contribution < 1.29 is 0 Å². The van der Waals surface area contributed by atoms with E-state index in [0.717, 1.165) is 17.1 Å². The van der Waals surface area contributed by atoms with E-state index in [1.807, 2.05) is 22.7 Å². The van der Waals surface area contributed by atoms with E-state index in [1.54, 1.807) is 0 Å². The number of hydrogen-bond acceptors (Lipinski definition) is 3. The van der Waals surface area contributed by atoms with Crippen molar-refractivity contribution in [1.29, 1.82) is 0 Å². The Hall–Kier alpha value is -5.74. The minimum absolute atomic E-state index is 1.13. The Bertz CT molecular complexity index is 2810. The van der Waals surface area contributed by atoms with Crippen molar-refractivity contribution in [2.24, 2.45) is 0 Å². The third kappa shape index (κ3) is 4.82. The third-order valence-corrected chi connectivity index (χ3v) is 11.9. The molecule has 0 aliphatic heterocycles. The molecule has 0 saturated carbocycles. The van der Waals surface area contributed by atoms with Gasteiger partial charge in [-0.25, -0.2) is 0 Å². The molecule has 0 spiro atoms. The van der Waals surface area contributed by atoms with Crippen molar-refractivity contribution in [3.05, 3.63) is 176 Å². The molecule has 10 aromatic rings. The van der Waals surface area contributed by atoms with Crippen molar-refractivity contribution in [1.82, 2.24) is 0 Å². The zero-order valence-electron chi connectivity index (χ0n) is 26.5. The molecule has 0 amide bonds. The second-order valence-corrected chi connectivity index (χ2v) is 14.7. The summed E-state index contributed by atoms with van der Waals surface area (Å²) in [5.41, 5.74) is 8.30. The summed E-state index contributed by atoms with van der Waals surface area (Å²) < 4.78 is 5.28. The van der Waals surface area contributed by atoms with Gasteiger partial charge < -0.3 is 4.90 Å². The van der Waals surface area contributed by atoms with Gasteiger partial charge in [-0.2, -0.15) is 0 Å². The van der Waals surface area contributed by atoms with E-state index in [2.05, 4.69) is 181 Å². The molecule has 0 saturated heterocycles. The second kappa shape index (κ2) is 11.5. The first-order valence-electron chi connectivity index (χ1n) is 16.6. The van der Waals surface area contributed by atoms with Crippen molar-refractivity contribution in [3.8, 4) is 22.3 Å². The Morgan fingerprint density at radius 2 is 0.857 bits per heavy atom. The number of benzene rings is 8. The molecular weight excluding hydrogens is 631 g/mol. The highest BCUT2D eigenvalue weighted by atomic mass is 32.1. The van der Waals surface area contributed by atoms with Crippen LogP contribution in [0.2, 0.25) is 0 Å². The number of nitrogens with zero attached hydrogens (tertiary/aromatic N) is 1. The topological polar surface area (TPSA) is 3.24 Å². The van der Waals surface area contributed by atoms with Gasteiger partial charge in [0.2, 0.25) is 0 Å². The largest absolute Gasteiger partial charge is 0.310 e. The van der Waals surface area contributed by atoms with E-state index in [-0.39, 0.29) is 0 Å². The van der Waals surface area contributed by atoms with Crippen molar-refractivity contribution in [2.45, 2.75) is 0 Å². The second-order valence-electron chi connectivity index (χ2n) is 12.5. The molecular formula is C46H29NS2. The minimum atomic E-state index is 1.13. The molecule has 2 heterocycles. The Morgan fingerprint density at radius 3 is 1.65 bits per heavy atom. The first-order chi connectivity index (χ1) is 24.3. The SMILES string of the molecule is c1ccc(-c2ccc(N(c3ccc(-c4ccc5c(c4)sc4ccc6ccccc6c45)cc3)c3ccc4c(c3)sc3ccccc34)cc2)cc1. The lowest BCUT2D eigenvalue weighted by Gasteiger charge is -2.26. The fraction of sp³-hybridized carbons (Fsp3) is 0. The number of hydrogen-bond donors (Lipinski definition) is 0. The lowest BCUT2D eigenvalue weighted by molar-refractivity contribution is 1.29. The summed E-state index contributed by atoms with van der Waals surface area (Å²) in [6.07, 6.45) is 0. The molecule has 0 N–H and O–H groups in total. The van der Waals surface area contributed by atoms with Crippen LogP contribution in [0.25, 0.3) is 73.4 Å². The fourth-order valence-corrected chi connectivity index (χ4v) is 9.56. The molecule has 0 aliphatic rings. The summed E-state index contributed by atoms with van der Waals surface area (Å²) in [6.45, 7) is 0. The van der Waals surface area contributed by atoms with Crippen LogP contribution in [-0.2, 0) is 0 Å². The molecule has 8 aromatic carbocycles. The van der Waals surface area contributed by atoms with Crippen LogP contribution in [0.1, 0.15) is 0 Å². The van der Waals surface area contributed by atoms with Crippen LogP contribution >= 0.6 is 22.7 Å². The van der Waals surface area contributed by atoms with E-state index < -0.39 is 0 Å². The molecule has 49 heavy (non-hydrogen) atoms. The van der Waals surface area contributed by atoms with Gasteiger partial charge in [0.1, 0.15) is 0 Å². The average Bonchev–Trinajstić information content (AvgIpc) is 3.74. The molecule has 0 unspecified atom stereocenters. The zero-order chi connectivity index (χ0) is 32.3. The number of fused-ring (bicyclic) bond motifs is 8. The van der Waals surface area contributed by atoms with Gasteiger partial charge in [0.05, 0.1) is 0 Å². The lowest BCUT2D eigenvalue weighted by Crippen LogP contribution is -2.09. The van der Waals surface area contributed by atoms with E-state index in [4.69, 9.17) is 0 Å². The van der Waals surface area contributed by atoms with E-state index in [9.17, 15) is 0 Å². The van der Waals surface area contributed by atoms with Crippen molar-refractivity contribution >= 4 is 90.9 Å². The van der Waals surface area contributed by atoms with Gasteiger partial charge in [0.25, 0.3) is 0 Å². The Labute approximate surface area is 292 Å². The van der Waals surface area contributed by atoms with Crippen LogP contribution in [0.3, 0.4) is 0 Å². The molecule has 10 rings (SSSR count). The maximum Gasteiger partial charge on any atom is 0.0476 e. The van der Waals surface area contributed by atoms with Gasteiger partial charge in [0, 0.05) is 57.4 Å². The van der Waals surface area contributed by atoms with Crippen LogP contribution in [0.5, 0.6) is 0 Å². The molecule has 0 bridgehead atoms. The Kier molecular flexibility index (Phi) is 6.61. The smallest absolute Gasteiger partial charge is 0.0476 e. The molecule has 2 aromatic heterocycles. The van der Waals surface area contributed by atoms with Crippen LogP contribution in [0.15, 0.2) is 176 Å². The lowest BCUT2D eigenvalue weighted by atomic mass is 10.0. The van der Waals surface area contributed by atoms with Crippen LogP contribution in [-0.4, -0.2) is 0 Å². The monoisotopic (exact) mass is 659 g/mol.